The molecule has 0 aliphatic rings. The number of carbonyl (C=O) groups excluding carboxylic acids is 2. The molecular formula is C16H16O4. The summed E-state index contributed by atoms with van der Waals surface area (Å²) in [6, 6.07) is 13.3. The second-order valence-electron chi connectivity index (χ2n) is 4.44. The fourth-order valence-corrected chi connectivity index (χ4v) is 2.04. The molecule has 0 unspecified atom stereocenters. The van der Waals surface area contributed by atoms with E-state index in [0.29, 0.717) is 5.56 Å². The number of hydrogen-bond donors (Lipinski definition) is 0. The Kier molecular flexibility index (Phi) is 4.48. The standard InChI is InChI=1S/C16H16O4/c1-19-15(16(18)20-2)10-14(17)13-8-7-11-5-3-4-6-12(11)9-13/h3-9,15H,10H2,1-2H3/t15-/m1/s1. The Morgan fingerprint density at radius 2 is 1.75 bits per heavy atom. The molecule has 20 heavy (non-hydrogen) atoms. The summed E-state index contributed by atoms with van der Waals surface area (Å²) in [6.45, 7) is 0. The summed E-state index contributed by atoms with van der Waals surface area (Å²) < 4.78 is 9.58. The zero-order valence-corrected chi connectivity index (χ0v) is 11.5. The normalized spacial score (nSPS) is 12.1. The topological polar surface area (TPSA) is 52.6 Å². The molecule has 0 N–H and O–H groups in total. The van der Waals surface area contributed by atoms with Crippen LogP contribution in [0.1, 0.15) is 16.8 Å². The highest BCUT2D eigenvalue weighted by molar-refractivity contribution is 6.01. The lowest BCUT2D eigenvalue weighted by Crippen LogP contribution is -2.27. The summed E-state index contributed by atoms with van der Waals surface area (Å²) in [5, 5.41) is 2.06. The van der Waals surface area contributed by atoms with Crippen LogP contribution in [0.2, 0.25) is 0 Å². The number of esters is 1. The summed E-state index contributed by atoms with van der Waals surface area (Å²) in [5.41, 5.74) is 0.564. The van der Waals surface area contributed by atoms with E-state index < -0.39 is 12.1 Å². The molecule has 0 saturated carbocycles. The highest BCUT2D eigenvalue weighted by atomic mass is 16.6. The molecule has 2 rings (SSSR count). The van der Waals surface area contributed by atoms with Crippen LogP contribution in [-0.2, 0) is 14.3 Å². The number of hydrogen-bond acceptors (Lipinski definition) is 4. The van der Waals surface area contributed by atoms with Gasteiger partial charge in [-0.3, -0.25) is 4.79 Å². The van der Waals surface area contributed by atoms with E-state index in [1.54, 1.807) is 6.07 Å². The van der Waals surface area contributed by atoms with Crippen LogP contribution >= 0.6 is 0 Å². The van der Waals surface area contributed by atoms with Crippen molar-refractivity contribution < 1.29 is 19.1 Å². The maximum atomic E-state index is 12.2. The number of fused-ring (bicyclic) bond motifs is 1. The van der Waals surface area contributed by atoms with Gasteiger partial charge < -0.3 is 9.47 Å². The fraction of sp³-hybridized carbons (Fsp3) is 0.250. The first-order valence-corrected chi connectivity index (χ1v) is 6.28. The Labute approximate surface area is 117 Å². The molecule has 0 fully saturated rings. The molecule has 1 atom stereocenters. The minimum atomic E-state index is -0.862. The van der Waals surface area contributed by atoms with Crippen LogP contribution in [-0.4, -0.2) is 32.1 Å². The molecule has 0 bridgehead atoms. The van der Waals surface area contributed by atoms with Crippen LogP contribution < -0.4 is 0 Å². The Balaban J connectivity index is 2.20. The number of ether oxygens (including phenoxy) is 2. The van der Waals surface area contributed by atoms with Gasteiger partial charge in [-0.15, -0.1) is 0 Å². The van der Waals surface area contributed by atoms with Crippen LogP contribution in [0.4, 0.5) is 0 Å². The first-order chi connectivity index (χ1) is 9.65. The van der Waals surface area contributed by atoms with Gasteiger partial charge in [0.25, 0.3) is 0 Å². The van der Waals surface area contributed by atoms with Gasteiger partial charge in [0.1, 0.15) is 0 Å². The van der Waals surface area contributed by atoms with E-state index in [2.05, 4.69) is 4.74 Å². The summed E-state index contributed by atoms with van der Waals surface area (Å²) in [4.78, 5) is 23.6. The molecule has 0 aliphatic carbocycles. The fourth-order valence-electron chi connectivity index (χ4n) is 2.04. The number of rotatable bonds is 5. The van der Waals surface area contributed by atoms with Crippen LogP contribution in [0.3, 0.4) is 0 Å². The number of Topliss-reactive ketones (excluding diaryl/α,β-unsaturated/α-hetero) is 1. The second-order valence-corrected chi connectivity index (χ2v) is 4.44. The minimum absolute atomic E-state index is 0.0263. The van der Waals surface area contributed by atoms with Gasteiger partial charge in [0.15, 0.2) is 11.9 Å². The lowest BCUT2D eigenvalue weighted by atomic mass is 10.0. The van der Waals surface area contributed by atoms with Crippen molar-refractivity contribution >= 4 is 22.5 Å². The predicted octanol–water partition coefficient (Wildman–Crippen LogP) is 2.60. The minimum Gasteiger partial charge on any atom is -0.467 e. The van der Waals surface area contributed by atoms with Crippen molar-refractivity contribution in [2.75, 3.05) is 14.2 Å². The largest absolute Gasteiger partial charge is 0.467 e. The van der Waals surface area contributed by atoms with Gasteiger partial charge in [-0.1, -0.05) is 36.4 Å². The monoisotopic (exact) mass is 272 g/mol. The average molecular weight is 272 g/mol. The lowest BCUT2D eigenvalue weighted by Gasteiger charge is -2.12. The van der Waals surface area contributed by atoms with Gasteiger partial charge in [-0.25, -0.2) is 4.79 Å². The molecule has 0 heterocycles. The van der Waals surface area contributed by atoms with Crippen molar-refractivity contribution in [3.05, 3.63) is 48.0 Å². The van der Waals surface area contributed by atoms with Crippen LogP contribution in [0.15, 0.2) is 42.5 Å². The molecule has 0 aliphatic heterocycles. The molecule has 2 aromatic rings. The molecule has 0 saturated heterocycles. The Bertz CT molecular complexity index is 633. The van der Waals surface area contributed by atoms with E-state index >= 15 is 0 Å². The van der Waals surface area contributed by atoms with E-state index in [0.717, 1.165) is 10.8 Å². The van der Waals surface area contributed by atoms with Crippen LogP contribution in [0.25, 0.3) is 10.8 Å². The molecule has 0 amide bonds. The second kappa shape index (κ2) is 6.30. The summed E-state index contributed by atoms with van der Waals surface area (Å²) >= 11 is 0. The average Bonchev–Trinajstić information content (AvgIpc) is 2.51. The molecule has 0 spiro atoms. The van der Waals surface area contributed by atoms with E-state index in [1.165, 1.54) is 14.2 Å². The van der Waals surface area contributed by atoms with Crippen molar-refractivity contribution in [3.8, 4) is 0 Å². The molecule has 4 heteroatoms. The maximum Gasteiger partial charge on any atom is 0.335 e. The Morgan fingerprint density at radius 1 is 1.05 bits per heavy atom. The molecule has 4 nitrogen and oxygen atoms in total. The van der Waals surface area contributed by atoms with Gasteiger partial charge in [-0.2, -0.15) is 0 Å². The van der Waals surface area contributed by atoms with Gasteiger partial charge in [-0.05, 0) is 16.8 Å². The smallest absolute Gasteiger partial charge is 0.335 e. The number of carbonyl (C=O) groups is 2. The van der Waals surface area contributed by atoms with E-state index in [-0.39, 0.29) is 12.2 Å². The van der Waals surface area contributed by atoms with Gasteiger partial charge >= 0.3 is 5.97 Å². The van der Waals surface area contributed by atoms with Crippen molar-refractivity contribution in [2.45, 2.75) is 12.5 Å². The highest BCUT2D eigenvalue weighted by Gasteiger charge is 2.22. The quantitative estimate of drug-likeness (QED) is 0.620. The Morgan fingerprint density at radius 3 is 2.40 bits per heavy atom. The van der Waals surface area contributed by atoms with Crippen molar-refractivity contribution in [3.63, 3.8) is 0 Å². The summed E-state index contributed by atoms with van der Waals surface area (Å²) in [6.07, 6.45) is -0.888. The van der Waals surface area contributed by atoms with Gasteiger partial charge in [0.05, 0.1) is 7.11 Å². The van der Waals surface area contributed by atoms with E-state index in [9.17, 15) is 9.59 Å². The van der Waals surface area contributed by atoms with Gasteiger partial charge in [0.2, 0.25) is 0 Å². The zero-order valence-electron chi connectivity index (χ0n) is 11.5. The molecule has 104 valence electrons. The SMILES string of the molecule is COC(=O)[C@@H](CC(=O)c1ccc2ccccc2c1)OC. The molecular weight excluding hydrogens is 256 g/mol. The van der Waals surface area contributed by atoms with Gasteiger partial charge in [0, 0.05) is 19.1 Å². The summed E-state index contributed by atoms with van der Waals surface area (Å²) in [7, 11) is 2.66. The van der Waals surface area contributed by atoms with Crippen LogP contribution in [0.5, 0.6) is 0 Å². The maximum absolute atomic E-state index is 12.2. The third-order valence-corrected chi connectivity index (χ3v) is 3.19. The van der Waals surface area contributed by atoms with E-state index in [4.69, 9.17) is 4.74 Å². The van der Waals surface area contributed by atoms with Crippen molar-refractivity contribution in [2.24, 2.45) is 0 Å². The van der Waals surface area contributed by atoms with E-state index in [1.807, 2.05) is 36.4 Å². The number of benzene rings is 2. The first kappa shape index (κ1) is 14.2. The third kappa shape index (κ3) is 3.03. The summed E-state index contributed by atoms with van der Waals surface area (Å²) in [5.74, 6) is -0.686. The van der Waals surface area contributed by atoms with Crippen molar-refractivity contribution in [1.82, 2.24) is 0 Å². The molecule has 0 aromatic heterocycles. The first-order valence-electron chi connectivity index (χ1n) is 6.28. The number of methoxy groups -OCH3 is 2. The van der Waals surface area contributed by atoms with Crippen molar-refractivity contribution in [1.29, 1.82) is 0 Å². The zero-order chi connectivity index (χ0) is 14.5. The Hall–Kier alpha value is -2.20. The highest BCUT2D eigenvalue weighted by Crippen LogP contribution is 2.17. The third-order valence-electron chi connectivity index (χ3n) is 3.19. The molecule has 2 aromatic carbocycles. The predicted molar refractivity (Wildman–Crippen MR) is 75.7 cm³/mol. The molecule has 0 radical (unpaired) electrons. The van der Waals surface area contributed by atoms with Crippen LogP contribution in [0, 0.1) is 0 Å². The lowest BCUT2D eigenvalue weighted by molar-refractivity contribution is -0.152. The number of ketones is 1.